The van der Waals surface area contributed by atoms with Crippen LogP contribution in [0.5, 0.6) is 11.5 Å². The maximum Gasteiger partial charge on any atom is 1.00 e. The number of hydrogen-bond donors (Lipinski definition) is 0. The average Bonchev–Trinajstić information content (AvgIpc) is 2.05. The molecule has 0 aromatic heterocycles. The normalized spacial score (nSPS) is 8.86. The summed E-state index contributed by atoms with van der Waals surface area (Å²) in [6, 6.07) is 9.30. The fraction of sp³-hybridized carbons (Fsp3) is 0. The third kappa shape index (κ3) is 3.86. The Bertz CT molecular complexity index is 388. The minimum absolute atomic E-state index is 0. The first-order valence-corrected chi connectivity index (χ1v) is 3.63. The van der Waals surface area contributed by atoms with Gasteiger partial charge in [-0.15, -0.1) is 11.5 Å². The van der Waals surface area contributed by atoms with Crippen LogP contribution in [0, 0.1) is 0 Å². The van der Waals surface area contributed by atoms with Crippen LogP contribution in [0.3, 0.4) is 0 Å². The van der Waals surface area contributed by atoms with Crippen LogP contribution in [0.15, 0.2) is 36.4 Å². The van der Waals surface area contributed by atoms with Crippen molar-refractivity contribution in [2.75, 3.05) is 0 Å². The third-order valence-corrected chi connectivity index (χ3v) is 1.78. The smallest absolute Gasteiger partial charge is 0.872 e. The molecule has 0 N–H and O–H groups in total. The zero-order valence-electron chi connectivity index (χ0n) is 8.28. The van der Waals surface area contributed by atoms with Crippen molar-refractivity contribution in [1.82, 2.24) is 0 Å². The molecule has 4 heteroatoms. The van der Waals surface area contributed by atoms with Crippen LogP contribution in [-0.4, -0.2) is 0 Å². The van der Waals surface area contributed by atoms with Gasteiger partial charge in [0.15, 0.2) is 0 Å². The second-order valence-corrected chi connectivity index (χ2v) is 2.67. The zero-order valence-corrected chi connectivity index (χ0v) is 14.5. The summed E-state index contributed by atoms with van der Waals surface area (Å²) in [4.78, 5) is 0. The molecule has 14 heavy (non-hydrogen) atoms. The van der Waals surface area contributed by atoms with Gasteiger partial charge in [-0.1, -0.05) is 36.4 Å². The minimum Gasteiger partial charge on any atom is -0.872 e. The van der Waals surface area contributed by atoms with E-state index < -0.39 is 0 Å². The first kappa shape index (κ1) is 15.6. The Hall–Kier alpha value is 1.57. The van der Waals surface area contributed by atoms with Crippen LogP contribution in [-0.2, 0) is 0 Å². The van der Waals surface area contributed by atoms with Gasteiger partial charge in [0.2, 0.25) is 0 Å². The van der Waals surface area contributed by atoms with Gasteiger partial charge in [-0.05, 0) is 10.8 Å². The van der Waals surface area contributed by atoms with Gasteiger partial charge in [0, 0.05) is 0 Å². The van der Waals surface area contributed by atoms with Crippen molar-refractivity contribution in [1.29, 1.82) is 0 Å². The molecule has 0 aliphatic rings. The predicted octanol–water partition coefficient (Wildman–Crippen LogP) is -5.00. The van der Waals surface area contributed by atoms with Gasteiger partial charge in [-0.3, -0.25) is 0 Å². The standard InChI is InChI=1S/C10H8O2.2K/c11-9-3-1-7-5-10(12)4-2-8(7)6-9;;/h1-6,11-12H;;/q;2*+1/p-2. The van der Waals surface area contributed by atoms with E-state index in [2.05, 4.69) is 0 Å². The molecule has 0 unspecified atom stereocenters. The predicted molar refractivity (Wildman–Crippen MR) is 42.8 cm³/mol. The van der Waals surface area contributed by atoms with Crippen LogP contribution in [0.1, 0.15) is 0 Å². The summed E-state index contributed by atoms with van der Waals surface area (Å²) < 4.78 is 0. The van der Waals surface area contributed by atoms with E-state index in [4.69, 9.17) is 0 Å². The molecule has 0 amide bonds. The van der Waals surface area contributed by atoms with Crippen LogP contribution >= 0.6 is 0 Å². The quantitative estimate of drug-likeness (QED) is 0.430. The maximum atomic E-state index is 10.9. The zero-order chi connectivity index (χ0) is 8.55. The Kier molecular flexibility index (Phi) is 7.79. The summed E-state index contributed by atoms with van der Waals surface area (Å²) in [5.74, 6) is -0.0534. The van der Waals surface area contributed by atoms with E-state index >= 15 is 0 Å². The second kappa shape index (κ2) is 7.01. The molecule has 2 aromatic carbocycles. The monoisotopic (exact) mass is 236 g/mol. The number of fused-ring (bicyclic) bond motifs is 1. The Morgan fingerprint density at radius 3 is 1.36 bits per heavy atom. The molecule has 0 fully saturated rings. The molecule has 0 aliphatic carbocycles. The molecular weight excluding hydrogens is 230 g/mol. The van der Waals surface area contributed by atoms with Gasteiger partial charge in [0.25, 0.3) is 0 Å². The van der Waals surface area contributed by atoms with E-state index in [1.54, 1.807) is 12.1 Å². The van der Waals surface area contributed by atoms with Crippen LogP contribution in [0.4, 0.5) is 0 Å². The van der Waals surface area contributed by atoms with E-state index in [0.29, 0.717) is 0 Å². The molecule has 0 spiro atoms. The maximum absolute atomic E-state index is 10.9. The van der Waals surface area contributed by atoms with E-state index in [1.807, 2.05) is 0 Å². The summed E-state index contributed by atoms with van der Waals surface area (Å²) in [6.45, 7) is 0. The number of benzene rings is 2. The van der Waals surface area contributed by atoms with Gasteiger partial charge in [0.1, 0.15) is 0 Å². The molecule has 0 radical (unpaired) electrons. The fourth-order valence-electron chi connectivity index (χ4n) is 1.20. The van der Waals surface area contributed by atoms with Crippen LogP contribution in [0.25, 0.3) is 10.8 Å². The van der Waals surface area contributed by atoms with Gasteiger partial charge in [0.05, 0.1) is 0 Å². The largest absolute Gasteiger partial charge is 1.00 e. The molecule has 0 saturated carbocycles. The van der Waals surface area contributed by atoms with Gasteiger partial charge >= 0.3 is 103 Å². The first-order valence-electron chi connectivity index (χ1n) is 3.63. The Balaban J connectivity index is 0.000000845. The molecule has 2 rings (SSSR count). The Labute approximate surface area is 168 Å². The van der Waals surface area contributed by atoms with Gasteiger partial charge in [-0.25, -0.2) is 0 Å². The first-order chi connectivity index (χ1) is 5.75. The van der Waals surface area contributed by atoms with Crippen LogP contribution < -0.4 is 113 Å². The molecule has 0 atom stereocenters. The average molecular weight is 236 g/mol. The fourth-order valence-corrected chi connectivity index (χ4v) is 1.20. The van der Waals surface area contributed by atoms with Crippen molar-refractivity contribution >= 4 is 10.8 Å². The number of hydrogen-bond acceptors (Lipinski definition) is 2. The van der Waals surface area contributed by atoms with Crippen LogP contribution in [0.2, 0.25) is 0 Å². The third-order valence-electron chi connectivity index (χ3n) is 1.78. The summed E-state index contributed by atoms with van der Waals surface area (Å²) in [5, 5.41) is 23.4. The summed E-state index contributed by atoms with van der Waals surface area (Å²) in [6.07, 6.45) is 0. The summed E-state index contributed by atoms with van der Waals surface area (Å²) in [5.41, 5.74) is 0. The molecule has 0 bridgehead atoms. The topological polar surface area (TPSA) is 46.1 Å². The summed E-state index contributed by atoms with van der Waals surface area (Å²) >= 11 is 0. The van der Waals surface area contributed by atoms with E-state index in [-0.39, 0.29) is 114 Å². The van der Waals surface area contributed by atoms with Crippen molar-refractivity contribution < 1.29 is 113 Å². The van der Waals surface area contributed by atoms with Crippen molar-refractivity contribution in [3.8, 4) is 11.5 Å². The summed E-state index contributed by atoms with van der Waals surface area (Å²) in [7, 11) is 0. The number of rotatable bonds is 0. The molecule has 60 valence electrons. The van der Waals surface area contributed by atoms with Crippen molar-refractivity contribution in [3.05, 3.63) is 36.4 Å². The van der Waals surface area contributed by atoms with Gasteiger partial charge in [-0.2, -0.15) is 0 Å². The Morgan fingerprint density at radius 2 is 1.00 bits per heavy atom. The molecule has 2 aromatic rings. The second-order valence-electron chi connectivity index (χ2n) is 2.67. The van der Waals surface area contributed by atoms with Crippen molar-refractivity contribution in [2.45, 2.75) is 0 Å². The van der Waals surface area contributed by atoms with Crippen molar-refractivity contribution in [3.63, 3.8) is 0 Å². The van der Waals surface area contributed by atoms with E-state index in [0.717, 1.165) is 10.8 Å². The van der Waals surface area contributed by atoms with Crippen molar-refractivity contribution in [2.24, 2.45) is 0 Å². The minimum atomic E-state index is -0.0267. The van der Waals surface area contributed by atoms with Gasteiger partial charge < -0.3 is 10.2 Å². The van der Waals surface area contributed by atoms with E-state index in [1.165, 1.54) is 24.3 Å². The SMILES string of the molecule is [K+].[K+].[O-]c1ccc2cc([O-])ccc2c1. The van der Waals surface area contributed by atoms with E-state index in [9.17, 15) is 10.2 Å². The Morgan fingerprint density at radius 1 is 0.643 bits per heavy atom. The molecule has 0 aliphatic heterocycles. The molecule has 0 heterocycles. The molecular formula is C10H6K2O2. The molecule has 2 nitrogen and oxygen atoms in total. The molecule has 0 saturated heterocycles.